The first kappa shape index (κ1) is 21.3. The summed E-state index contributed by atoms with van der Waals surface area (Å²) in [4.78, 5) is 28.1. The Bertz CT molecular complexity index is 1300. The molecule has 0 fully saturated rings. The second-order valence-corrected chi connectivity index (χ2v) is 11.0. The number of aromatic nitrogens is 3. The monoisotopic (exact) mass is 462 g/mol. The summed E-state index contributed by atoms with van der Waals surface area (Å²) in [5.41, 5.74) is 5.91. The maximum Gasteiger partial charge on any atom is 0.237 e. The maximum atomic E-state index is 12.7. The molecule has 5 nitrogen and oxygen atoms in total. The molecule has 0 saturated heterocycles. The van der Waals surface area contributed by atoms with Gasteiger partial charge in [-0.3, -0.25) is 4.79 Å². The fourth-order valence-electron chi connectivity index (χ4n) is 4.38. The fraction of sp³-hybridized carbons (Fsp3) is 0.360. The minimum Gasteiger partial charge on any atom is -0.325 e. The van der Waals surface area contributed by atoms with Crippen LogP contribution in [0.1, 0.15) is 44.0 Å². The van der Waals surface area contributed by atoms with E-state index in [0.29, 0.717) is 5.92 Å². The highest BCUT2D eigenvalue weighted by Gasteiger charge is 2.25. The highest BCUT2D eigenvalue weighted by Crippen LogP contribution is 2.42. The Morgan fingerprint density at radius 1 is 1.12 bits per heavy atom. The van der Waals surface area contributed by atoms with E-state index in [1.165, 1.54) is 40.4 Å². The topological polar surface area (TPSA) is 67.8 Å². The van der Waals surface area contributed by atoms with Gasteiger partial charge in [-0.05, 0) is 61.8 Å². The van der Waals surface area contributed by atoms with E-state index < -0.39 is 0 Å². The van der Waals surface area contributed by atoms with Crippen LogP contribution in [0.4, 0.5) is 5.69 Å². The van der Waals surface area contributed by atoms with Crippen molar-refractivity contribution in [1.82, 2.24) is 15.0 Å². The molecule has 5 rings (SSSR count). The Kier molecular flexibility index (Phi) is 5.86. The largest absolute Gasteiger partial charge is 0.325 e. The van der Waals surface area contributed by atoms with Crippen molar-refractivity contribution in [2.24, 2.45) is 5.92 Å². The number of amides is 1. The molecule has 1 aromatic carbocycles. The van der Waals surface area contributed by atoms with Gasteiger partial charge in [0.05, 0.1) is 15.5 Å². The summed E-state index contributed by atoms with van der Waals surface area (Å²) in [6.45, 7) is 6.42. The number of thioether (sulfide) groups is 1. The van der Waals surface area contributed by atoms with Crippen molar-refractivity contribution in [1.29, 1.82) is 0 Å². The molecule has 3 aromatic heterocycles. The van der Waals surface area contributed by atoms with Gasteiger partial charge in [-0.25, -0.2) is 15.0 Å². The van der Waals surface area contributed by atoms with Crippen LogP contribution in [0.2, 0.25) is 0 Å². The number of anilines is 1. The minimum absolute atomic E-state index is 0.0349. The molecule has 0 aliphatic heterocycles. The van der Waals surface area contributed by atoms with E-state index in [9.17, 15) is 4.79 Å². The van der Waals surface area contributed by atoms with Gasteiger partial charge in [0.25, 0.3) is 0 Å². The summed E-state index contributed by atoms with van der Waals surface area (Å²) in [5.74, 6) is 0.543. The van der Waals surface area contributed by atoms with Gasteiger partial charge in [-0.1, -0.05) is 43.8 Å². The molecule has 0 unspecified atom stereocenters. The molecule has 1 aliphatic carbocycles. The van der Waals surface area contributed by atoms with Gasteiger partial charge in [0.2, 0.25) is 5.91 Å². The number of nitrogens with one attached hydrogen (secondary N) is 1. The van der Waals surface area contributed by atoms with Gasteiger partial charge in [0.1, 0.15) is 16.2 Å². The Labute approximate surface area is 196 Å². The molecule has 0 radical (unpaired) electrons. The molecule has 3 heterocycles. The van der Waals surface area contributed by atoms with Crippen molar-refractivity contribution in [3.63, 3.8) is 0 Å². The van der Waals surface area contributed by atoms with Crippen molar-refractivity contribution < 1.29 is 4.79 Å². The fourth-order valence-corrected chi connectivity index (χ4v) is 6.53. The standard InChI is InChI=1S/C25H26N4OS2/c1-14(2)12-19-17-10-7-11-18(17)20-21-22(32-24(20)29-19)25(27-13-26-21)31-15(3)23(30)28-16-8-5-4-6-9-16/h4-6,8-9,13-15H,7,10-12H2,1-3H3,(H,28,30)/t15-/m0/s1. The lowest BCUT2D eigenvalue weighted by molar-refractivity contribution is -0.115. The van der Waals surface area contributed by atoms with Crippen LogP contribution in [-0.4, -0.2) is 26.1 Å². The average Bonchev–Trinajstić information content (AvgIpc) is 3.39. The molecule has 1 aliphatic rings. The Hall–Kier alpha value is -2.51. The first-order valence-corrected chi connectivity index (χ1v) is 12.8. The van der Waals surface area contributed by atoms with Crippen molar-refractivity contribution in [3.8, 4) is 0 Å². The van der Waals surface area contributed by atoms with Crippen LogP contribution in [0.5, 0.6) is 0 Å². The lowest BCUT2D eigenvalue weighted by Gasteiger charge is -2.12. The summed E-state index contributed by atoms with van der Waals surface area (Å²) in [7, 11) is 0. The Morgan fingerprint density at radius 3 is 2.69 bits per heavy atom. The number of para-hydroxylation sites is 1. The third-order valence-corrected chi connectivity index (χ3v) is 8.13. The third-order valence-electron chi connectivity index (χ3n) is 5.83. The maximum absolute atomic E-state index is 12.7. The Morgan fingerprint density at radius 2 is 1.91 bits per heavy atom. The number of hydrogen-bond acceptors (Lipinski definition) is 6. The predicted octanol–water partition coefficient (Wildman–Crippen LogP) is 6.05. The lowest BCUT2D eigenvalue weighted by atomic mass is 9.99. The van der Waals surface area contributed by atoms with Crippen LogP contribution in [0.15, 0.2) is 41.7 Å². The van der Waals surface area contributed by atoms with Gasteiger partial charge >= 0.3 is 0 Å². The third kappa shape index (κ3) is 3.99. The van der Waals surface area contributed by atoms with E-state index in [1.54, 1.807) is 17.7 Å². The number of hydrogen-bond donors (Lipinski definition) is 1. The Balaban J connectivity index is 1.51. The van der Waals surface area contributed by atoms with Crippen molar-refractivity contribution in [2.75, 3.05) is 5.32 Å². The quantitative estimate of drug-likeness (QED) is 0.279. The number of carbonyl (C=O) groups is 1. The first-order chi connectivity index (χ1) is 15.5. The SMILES string of the molecule is CC(C)Cc1nc2sc3c(S[C@@H](C)C(=O)Nc4ccccc4)ncnc3c2c2c1CCC2. The van der Waals surface area contributed by atoms with Crippen LogP contribution in [-0.2, 0) is 24.1 Å². The highest BCUT2D eigenvalue weighted by atomic mass is 32.2. The van der Waals surface area contributed by atoms with Gasteiger partial charge in [-0.2, -0.15) is 0 Å². The van der Waals surface area contributed by atoms with Crippen molar-refractivity contribution in [3.05, 3.63) is 53.5 Å². The van der Waals surface area contributed by atoms with Gasteiger partial charge in [-0.15, -0.1) is 11.3 Å². The molecule has 164 valence electrons. The highest BCUT2D eigenvalue weighted by molar-refractivity contribution is 8.00. The number of fused-ring (bicyclic) bond motifs is 5. The van der Waals surface area contributed by atoms with Crippen LogP contribution < -0.4 is 5.32 Å². The molecular formula is C25H26N4OS2. The minimum atomic E-state index is -0.284. The predicted molar refractivity (Wildman–Crippen MR) is 134 cm³/mol. The molecule has 4 aromatic rings. The van der Waals surface area contributed by atoms with Crippen LogP contribution in [0.25, 0.3) is 20.4 Å². The van der Waals surface area contributed by atoms with Crippen molar-refractivity contribution in [2.45, 2.75) is 56.7 Å². The van der Waals surface area contributed by atoms with Gasteiger partial charge in [0.15, 0.2) is 0 Å². The zero-order chi connectivity index (χ0) is 22.2. The summed E-state index contributed by atoms with van der Waals surface area (Å²) in [6.07, 6.45) is 6.02. The molecule has 32 heavy (non-hydrogen) atoms. The zero-order valence-electron chi connectivity index (χ0n) is 18.5. The second-order valence-electron chi connectivity index (χ2n) is 8.72. The number of nitrogens with zero attached hydrogens (tertiary/aromatic N) is 3. The van der Waals surface area contributed by atoms with Crippen LogP contribution >= 0.6 is 23.1 Å². The molecule has 1 amide bonds. The molecule has 0 bridgehead atoms. The molecule has 0 spiro atoms. The second kappa shape index (κ2) is 8.79. The van der Waals surface area contributed by atoms with E-state index in [-0.39, 0.29) is 11.2 Å². The van der Waals surface area contributed by atoms with Crippen LogP contribution in [0, 0.1) is 5.92 Å². The summed E-state index contributed by atoms with van der Waals surface area (Å²) < 4.78 is 1.04. The smallest absolute Gasteiger partial charge is 0.237 e. The molecule has 7 heteroatoms. The normalized spacial score (nSPS) is 14.2. The van der Waals surface area contributed by atoms with E-state index in [2.05, 4.69) is 29.1 Å². The first-order valence-electron chi connectivity index (χ1n) is 11.1. The van der Waals surface area contributed by atoms with Crippen molar-refractivity contribution >= 4 is 55.1 Å². The average molecular weight is 463 g/mol. The number of aryl methyl sites for hydroxylation is 1. The number of rotatable bonds is 6. The number of benzene rings is 1. The number of thiophene rings is 1. The molecule has 0 saturated carbocycles. The van der Waals surface area contributed by atoms with Crippen LogP contribution in [0.3, 0.4) is 0 Å². The lowest BCUT2D eigenvalue weighted by Crippen LogP contribution is -2.22. The summed E-state index contributed by atoms with van der Waals surface area (Å²) in [5, 5.41) is 4.76. The zero-order valence-corrected chi connectivity index (χ0v) is 20.1. The van der Waals surface area contributed by atoms with Gasteiger partial charge < -0.3 is 5.32 Å². The van der Waals surface area contributed by atoms with E-state index in [1.807, 2.05) is 37.3 Å². The number of carbonyl (C=O) groups excluding carboxylic acids is 1. The molecule has 1 atom stereocenters. The van der Waals surface area contributed by atoms with E-state index in [0.717, 1.165) is 45.0 Å². The molecule has 1 N–H and O–H groups in total. The summed E-state index contributed by atoms with van der Waals surface area (Å²) >= 11 is 3.15. The van der Waals surface area contributed by atoms with E-state index >= 15 is 0 Å². The summed E-state index contributed by atoms with van der Waals surface area (Å²) in [6, 6.07) is 9.55. The van der Waals surface area contributed by atoms with Gasteiger partial charge in [0, 0.05) is 16.8 Å². The number of pyridine rings is 1. The molecular weight excluding hydrogens is 436 g/mol. The van der Waals surface area contributed by atoms with E-state index in [4.69, 9.17) is 4.98 Å².